The van der Waals surface area contributed by atoms with Gasteiger partial charge in [0.05, 0.1) is 16.8 Å². The van der Waals surface area contributed by atoms with Crippen LogP contribution in [0.15, 0.2) is 48.5 Å². The monoisotopic (exact) mass is 380 g/mol. The Morgan fingerprint density at radius 3 is 2.44 bits per heavy atom. The average molecular weight is 381 g/mol. The van der Waals surface area contributed by atoms with Gasteiger partial charge in [-0.3, -0.25) is 9.52 Å². The van der Waals surface area contributed by atoms with Crippen LogP contribution in [0.2, 0.25) is 5.02 Å². The molecule has 1 amide bonds. The quantitative estimate of drug-likeness (QED) is 0.772. The Hall–Kier alpha value is -2.05. The third-order valence-corrected chi connectivity index (χ3v) is 4.52. The molecule has 5 nitrogen and oxygen atoms in total. The second-order valence-corrected chi connectivity index (χ2v) is 8.12. The zero-order valence-corrected chi connectivity index (χ0v) is 15.7. The summed E-state index contributed by atoms with van der Waals surface area (Å²) in [5.41, 5.74) is 1.85. The largest absolute Gasteiger partial charge is 0.350 e. The first-order valence-electron chi connectivity index (χ1n) is 7.87. The number of carbonyl (C=O) groups is 1. The maximum absolute atomic E-state index is 12.3. The number of benzene rings is 2. The Morgan fingerprint density at radius 1 is 1.16 bits per heavy atom. The van der Waals surface area contributed by atoms with E-state index in [2.05, 4.69) is 22.2 Å². The molecule has 0 saturated heterocycles. The molecule has 25 heavy (non-hydrogen) atoms. The van der Waals surface area contributed by atoms with E-state index in [1.165, 1.54) is 23.8 Å². The highest BCUT2D eigenvalue weighted by atomic mass is 35.5. The van der Waals surface area contributed by atoms with Crippen molar-refractivity contribution in [3.05, 3.63) is 64.7 Å². The van der Waals surface area contributed by atoms with Gasteiger partial charge in [-0.1, -0.05) is 41.9 Å². The SMILES string of the molecule is C[C@H](CCc1ccccc1)NC(=O)c1ccc(NS(C)(=O)=O)cc1Cl. The Labute approximate surface area is 153 Å². The number of hydrogen-bond donors (Lipinski definition) is 2. The van der Waals surface area contributed by atoms with Crippen molar-refractivity contribution in [1.82, 2.24) is 5.32 Å². The maximum Gasteiger partial charge on any atom is 0.253 e. The molecule has 1 atom stereocenters. The summed E-state index contributed by atoms with van der Waals surface area (Å²) in [6.45, 7) is 1.94. The lowest BCUT2D eigenvalue weighted by atomic mass is 10.1. The minimum atomic E-state index is -3.39. The van der Waals surface area contributed by atoms with Gasteiger partial charge < -0.3 is 5.32 Å². The maximum atomic E-state index is 12.3. The van der Waals surface area contributed by atoms with Crippen LogP contribution in [-0.2, 0) is 16.4 Å². The lowest BCUT2D eigenvalue weighted by Gasteiger charge is -2.15. The molecule has 0 spiro atoms. The van der Waals surface area contributed by atoms with Gasteiger partial charge in [-0.05, 0) is 43.5 Å². The highest BCUT2D eigenvalue weighted by Crippen LogP contribution is 2.22. The van der Waals surface area contributed by atoms with Crippen LogP contribution in [0.25, 0.3) is 0 Å². The highest BCUT2D eigenvalue weighted by Gasteiger charge is 2.14. The van der Waals surface area contributed by atoms with Crippen LogP contribution in [0.4, 0.5) is 5.69 Å². The first-order valence-corrected chi connectivity index (χ1v) is 10.1. The number of hydrogen-bond acceptors (Lipinski definition) is 3. The number of anilines is 1. The molecular formula is C18H21ClN2O3S. The summed E-state index contributed by atoms with van der Waals surface area (Å²) < 4.78 is 24.8. The van der Waals surface area contributed by atoms with Gasteiger partial charge in [0.2, 0.25) is 10.0 Å². The second-order valence-electron chi connectivity index (χ2n) is 5.97. The highest BCUT2D eigenvalue weighted by molar-refractivity contribution is 7.92. The number of rotatable bonds is 7. The van der Waals surface area contributed by atoms with Crippen LogP contribution in [-0.4, -0.2) is 26.6 Å². The van der Waals surface area contributed by atoms with Crippen LogP contribution in [0.5, 0.6) is 0 Å². The second kappa shape index (κ2) is 8.36. The number of sulfonamides is 1. The summed E-state index contributed by atoms with van der Waals surface area (Å²) in [5.74, 6) is -0.281. The number of amides is 1. The summed E-state index contributed by atoms with van der Waals surface area (Å²) in [5, 5.41) is 3.11. The molecule has 0 bridgehead atoms. The van der Waals surface area contributed by atoms with E-state index in [0.29, 0.717) is 11.3 Å². The van der Waals surface area contributed by atoms with Crippen molar-refractivity contribution in [3.8, 4) is 0 Å². The first-order chi connectivity index (χ1) is 11.7. The topological polar surface area (TPSA) is 75.3 Å². The van der Waals surface area contributed by atoms with Crippen LogP contribution in [0.1, 0.15) is 29.3 Å². The van der Waals surface area contributed by atoms with Gasteiger partial charge in [-0.2, -0.15) is 0 Å². The fraction of sp³-hybridized carbons (Fsp3) is 0.278. The van der Waals surface area contributed by atoms with Crippen molar-refractivity contribution < 1.29 is 13.2 Å². The van der Waals surface area contributed by atoms with Crippen molar-refractivity contribution in [2.45, 2.75) is 25.8 Å². The van der Waals surface area contributed by atoms with E-state index in [0.717, 1.165) is 19.1 Å². The Morgan fingerprint density at radius 2 is 1.84 bits per heavy atom. The summed E-state index contributed by atoms with van der Waals surface area (Å²) in [6, 6.07) is 14.5. The number of aryl methyl sites for hydroxylation is 1. The molecule has 0 aliphatic carbocycles. The van der Waals surface area contributed by atoms with Crippen LogP contribution in [0.3, 0.4) is 0 Å². The van der Waals surface area contributed by atoms with Crippen molar-refractivity contribution in [1.29, 1.82) is 0 Å². The van der Waals surface area contributed by atoms with Gasteiger partial charge in [-0.25, -0.2) is 8.42 Å². The molecule has 7 heteroatoms. The smallest absolute Gasteiger partial charge is 0.253 e. The van der Waals surface area contributed by atoms with E-state index in [-0.39, 0.29) is 17.0 Å². The van der Waals surface area contributed by atoms with Crippen molar-refractivity contribution in [2.75, 3.05) is 11.0 Å². The van der Waals surface area contributed by atoms with Crippen molar-refractivity contribution in [3.63, 3.8) is 0 Å². The van der Waals surface area contributed by atoms with Crippen LogP contribution < -0.4 is 10.0 Å². The molecular weight excluding hydrogens is 360 g/mol. The standard InChI is InChI=1S/C18H21ClN2O3S/c1-13(8-9-14-6-4-3-5-7-14)20-18(22)16-11-10-15(12-17(16)19)21-25(2,23)24/h3-7,10-13,21H,8-9H2,1-2H3,(H,20,22)/t13-/m1/s1. The van der Waals surface area contributed by atoms with Gasteiger partial charge in [0.1, 0.15) is 0 Å². The minimum Gasteiger partial charge on any atom is -0.350 e. The Balaban J connectivity index is 1.95. The molecule has 0 heterocycles. The van der Waals surface area contributed by atoms with Gasteiger partial charge in [0.15, 0.2) is 0 Å². The third kappa shape index (κ3) is 6.40. The normalized spacial score (nSPS) is 12.4. The third-order valence-electron chi connectivity index (χ3n) is 3.60. The van der Waals surface area contributed by atoms with Gasteiger partial charge >= 0.3 is 0 Å². The lowest BCUT2D eigenvalue weighted by molar-refractivity contribution is 0.0938. The Bertz CT molecular complexity index is 839. The van der Waals surface area contributed by atoms with E-state index in [1.54, 1.807) is 0 Å². The van der Waals surface area contributed by atoms with Gasteiger partial charge in [0, 0.05) is 11.7 Å². The summed E-state index contributed by atoms with van der Waals surface area (Å²) >= 11 is 6.11. The van der Waals surface area contributed by atoms with Crippen molar-refractivity contribution >= 4 is 33.2 Å². The zero-order valence-electron chi connectivity index (χ0n) is 14.1. The summed E-state index contributed by atoms with van der Waals surface area (Å²) in [7, 11) is -3.39. The summed E-state index contributed by atoms with van der Waals surface area (Å²) in [6.07, 6.45) is 2.73. The van der Waals surface area contributed by atoms with Crippen LogP contribution in [0, 0.1) is 0 Å². The van der Waals surface area contributed by atoms with E-state index in [4.69, 9.17) is 11.6 Å². The fourth-order valence-corrected chi connectivity index (χ4v) is 3.20. The van der Waals surface area contributed by atoms with E-state index < -0.39 is 10.0 Å². The minimum absolute atomic E-state index is 0.0161. The van der Waals surface area contributed by atoms with Crippen LogP contribution >= 0.6 is 11.6 Å². The molecule has 2 rings (SSSR count). The Kier molecular flexibility index (Phi) is 6.45. The number of nitrogens with one attached hydrogen (secondary N) is 2. The molecule has 0 radical (unpaired) electrons. The van der Waals surface area contributed by atoms with Gasteiger partial charge in [-0.15, -0.1) is 0 Å². The molecule has 134 valence electrons. The van der Waals surface area contributed by atoms with Crippen molar-refractivity contribution in [2.24, 2.45) is 0 Å². The molecule has 0 fully saturated rings. The van der Waals surface area contributed by atoms with E-state index >= 15 is 0 Å². The molecule has 0 saturated carbocycles. The van der Waals surface area contributed by atoms with E-state index in [9.17, 15) is 13.2 Å². The first kappa shape index (κ1) is 19.3. The molecule has 2 aromatic rings. The molecule has 2 N–H and O–H groups in total. The van der Waals surface area contributed by atoms with E-state index in [1.807, 2.05) is 25.1 Å². The van der Waals surface area contributed by atoms with Gasteiger partial charge in [0.25, 0.3) is 5.91 Å². The molecule has 2 aromatic carbocycles. The fourth-order valence-electron chi connectivity index (χ4n) is 2.38. The molecule has 0 aliphatic rings. The number of carbonyl (C=O) groups excluding carboxylic acids is 1. The molecule has 0 aliphatic heterocycles. The lowest BCUT2D eigenvalue weighted by Crippen LogP contribution is -2.33. The average Bonchev–Trinajstić information content (AvgIpc) is 2.52. The molecule has 0 aromatic heterocycles. The molecule has 0 unspecified atom stereocenters. The predicted molar refractivity (Wildman–Crippen MR) is 102 cm³/mol. The number of halogens is 1. The summed E-state index contributed by atoms with van der Waals surface area (Å²) in [4.78, 5) is 12.3. The zero-order chi connectivity index (χ0) is 18.4. The predicted octanol–water partition coefficient (Wildman–Crippen LogP) is 3.46.